The van der Waals surface area contributed by atoms with E-state index in [1.54, 1.807) is 0 Å². The van der Waals surface area contributed by atoms with Crippen molar-refractivity contribution in [3.8, 4) is 11.5 Å². The van der Waals surface area contributed by atoms with Crippen molar-refractivity contribution in [3.63, 3.8) is 0 Å². The second-order valence-corrected chi connectivity index (χ2v) is 3.92. The predicted molar refractivity (Wildman–Crippen MR) is 64.8 cm³/mol. The van der Waals surface area contributed by atoms with Crippen molar-refractivity contribution < 1.29 is 4.74 Å². The van der Waals surface area contributed by atoms with Crippen LogP contribution in [0, 0.1) is 0 Å². The first-order valence-corrected chi connectivity index (χ1v) is 5.28. The van der Waals surface area contributed by atoms with Crippen LogP contribution in [-0.2, 0) is 0 Å². The largest absolute Gasteiger partial charge is 0.453 e. The number of rotatable bonds is 0. The molecule has 1 atom stereocenters. The summed E-state index contributed by atoms with van der Waals surface area (Å²) in [5.41, 5.74) is 2.14. The van der Waals surface area contributed by atoms with Crippen molar-refractivity contribution in [2.24, 2.45) is 0 Å². The number of nitrogens with zero attached hydrogens (tertiary/aromatic N) is 1. The van der Waals surface area contributed by atoms with Gasteiger partial charge in [0.1, 0.15) is 0 Å². The Balaban J connectivity index is 2.20. The first-order valence-electron chi connectivity index (χ1n) is 4.77. The molecule has 74 valence electrons. The van der Waals surface area contributed by atoms with E-state index in [0.717, 1.165) is 22.9 Å². The highest BCUT2D eigenvalue weighted by Gasteiger charge is 2.19. The monoisotopic (exact) mass is 215 g/mol. The van der Waals surface area contributed by atoms with E-state index in [4.69, 9.17) is 4.74 Å². The molecule has 3 heteroatoms. The van der Waals surface area contributed by atoms with Crippen LogP contribution >= 0.6 is 9.39 Å². The van der Waals surface area contributed by atoms with Crippen molar-refractivity contribution >= 4 is 20.8 Å². The number of benzene rings is 2. The molecule has 2 nitrogen and oxygen atoms in total. The second-order valence-electron chi connectivity index (χ2n) is 3.41. The summed E-state index contributed by atoms with van der Waals surface area (Å²) in [5.74, 6) is 1.79. The summed E-state index contributed by atoms with van der Waals surface area (Å²) in [6.45, 7) is 0. The number of hydrogen-bond acceptors (Lipinski definition) is 2. The number of ether oxygens (including phenoxy) is 1. The lowest BCUT2D eigenvalue weighted by atomic mass is 10.2. The first-order chi connectivity index (χ1) is 7.36. The topological polar surface area (TPSA) is 12.5 Å². The molecule has 0 aliphatic carbocycles. The minimum atomic E-state index is 0.895. The summed E-state index contributed by atoms with van der Waals surface area (Å²) in [6, 6.07) is 16.0. The molecule has 0 radical (unpaired) electrons. The van der Waals surface area contributed by atoms with Crippen LogP contribution in [-0.4, -0.2) is 0 Å². The molecule has 0 amide bonds. The summed E-state index contributed by atoms with van der Waals surface area (Å²) in [5, 5.41) is 0. The van der Waals surface area contributed by atoms with Gasteiger partial charge in [0, 0.05) is 0 Å². The molecule has 0 spiro atoms. The molecule has 2 aromatic carbocycles. The Morgan fingerprint density at radius 1 is 0.800 bits per heavy atom. The maximum Gasteiger partial charge on any atom is 0.151 e. The summed E-state index contributed by atoms with van der Waals surface area (Å²) >= 11 is 0. The molecule has 0 N–H and O–H groups in total. The molecule has 3 rings (SSSR count). The van der Waals surface area contributed by atoms with Gasteiger partial charge in [0.05, 0.1) is 11.4 Å². The van der Waals surface area contributed by atoms with Crippen LogP contribution in [0.3, 0.4) is 0 Å². The molecule has 0 saturated heterocycles. The fraction of sp³-hybridized carbons (Fsp3) is 0. The van der Waals surface area contributed by atoms with Crippen LogP contribution in [0.2, 0.25) is 0 Å². The fourth-order valence-electron chi connectivity index (χ4n) is 1.73. The number of para-hydroxylation sites is 4. The minimum Gasteiger partial charge on any atom is -0.453 e. The maximum absolute atomic E-state index is 5.79. The van der Waals surface area contributed by atoms with Crippen LogP contribution in [0.1, 0.15) is 0 Å². The third-order valence-corrected chi connectivity index (χ3v) is 3.03. The van der Waals surface area contributed by atoms with Crippen LogP contribution in [0.5, 0.6) is 11.5 Å². The number of anilines is 2. The lowest BCUT2D eigenvalue weighted by Crippen LogP contribution is -2.08. The van der Waals surface area contributed by atoms with Crippen LogP contribution in [0.25, 0.3) is 0 Å². The Kier molecular flexibility index (Phi) is 1.90. The second kappa shape index (κ2) is 3.25. The van der Waals surface area contributed by atoms with E-state index in [2.05, 4.69) is 14.1 Å². The van der Waals surface area contributed by atoms with Gasteiger partial charge in [-0.25, -0.2) is 0 Å². The molecule has 1 unspecified atom stereocenters. The third-order valence-electron chi connectivity index (χ3n) is 2.47. The number of fused-ring (bicyclic) bond motifs is 2. The van der Waals surface area contributed by atoms with Gasteiger partial charge in [-0.15, -0.1) is 0 Å². The Labute approximate surface area is 90.7 Å². The van der Waals surface area contributed by atoms with Gasteiger partial charge in [0.15, 0.2) is 11.5 Å². The SMILES string of the molecule is PN1c2ccccc2Oc2ccccc21. The van der Waals surface area contributed by atoms with E-state index in [-0.39, 0.29) is 0 Å². The maximum atomic E-state index is 5.79. The molecular weight excluding hydrogens is 205 g/mol. The Bertz CT molecular complexity index is 467. The third kappa shape index (κ3) is 1.30. The van der Waals surface area contributed by atoms with Crippen LogP contribution < -0.4 is 9.41 Å². The van der Waals surface area contributed by atoms with Gasteiger partial charge in [-0.1, -0.05) is 24.3 Å². The molecular formula is C12H10NOP. The molecule has 2 aromatic rings. The zero-order chi connectivity index (χ0) is 10.3. The Hall–Kier alpha value is -1.53. The smallest absolute Gasteiger partial charge is 0.151 e. The Morgan fingerprint density at radius 3 is 1.80 bits per heavy atom. The van der Waals surface area contributed by atoms with E-state index in [1.165, 1.54) is 0 Å². The highest BCUT2D eigenvalue weighted by atomic mass is 31.0. The van der Waals surface area contributed by atoms with E-state index in [1.807, 2.05) is 48.5 Å². The van der Waals surface area contributed by atoms with Crippen LogP contribution in [0.15, 0.2) is 48.5 Å². The average Bonchev–Trinajstić information content (AvgIpc) is 2.30. The molecule has 1 aliphatic rings. The lowest BCUT2D eigenvalue weighted by molar-refractivity contribution is 0.478. The van der Waals surface area contributed by atoms with E-state index >= 15 is 0 Å². The molecule has 15 heavy (non-hydrogen) atoms. The van der Waals surface area contributed by atoms with Gasteiger partial charge in [-0.2, -0.15) is 0 Å². The van der Waals surface area contributed by atoms with E-state index < -0.39 is 0 Å². The Morgan fingerprint density at radius 2 is 1.27 bits per heavy atom. The first kappa shape index (κ1) is 8.75. The quantitative estimate of drug-likeness (QED) is 0.621. The number of hydrogen-bond donors (Lipinski definition) is 0. The molecule has 0 bridgehead atoms. The highest BCUT2D eigenvalue weighted by molar-refractivity contribution is 7.20. The van der Waals surface area contributed by atoms with Gasteiger partial charge in [0.2, 0.25) is 0 Å². The van der Waals surface area contributed by atoms with Gasteiger partial charge < -0.3 is 9.41 Å². The summed E-state index contributed by atoms with van der Waals surface area (Å²) in [6.07, 6.45) is 0. The van der Waals surface area contributed by atoms with Gasteiger partial charge in [-0.3, -0.25) is 0 Å². The normalized spacial score (nSPS) is 12.7. The van der Waals surface area contributed by atoms with Crippen LogP contribution in [0.4, 0.5) is 11.4 Å². The van der Waals surface area contributed by atoms with Crippen molar-refractivity contribution in [1.29, 1.82) is 0 Å². The molecule has 0 fully saturated rings. The van der Waals surface area contributed by atoms with Crippen molar-refractivity contribution in [2.45, 2.75) is 0 Å². The molecule has 1 heterocycles. The molecule has 0 aromatic heterocycles. The van der Waals surface area contributed by atoms with Gasteiger partial charge >= 0.3 is 0 Å². The summed E-state index contributed by atoms with van der Waals surface area (Å²) in [7, 11) is 2.71. The van der Waals surface area contributed by atoms with Gasteiger partial charge in [-0.05, 0) is 33.7 Å². The highest BCUT2D eigenvalue weighted by Crippen LogP contribution is 2.47. The lowest BCUT2D eigenvalue weighted by Gasteiger charge is -2.28. The molecule has 1 aliphatic heterocycles. The van der Waals surface area contributed by atoms with E-state index in [9.17, 15) is 0 Å². The van der Waals surface area contributed by atoms with Crippen molar-refractivity contribution in [1.82, 2.24) is 0 Å². The predicted octanol–water partition coefficient (Wildman–Crippen LogP) is 3.72. The standard InChI is InChI=1S/C12H10NOP/c15-13-9-5-1-3-7-11(9)14-12-8-4-2-6-10(12)13/h1-8H,15H2. The molecule has 0 saturated carbocycles. The zero-order valence-electron chi connectivity index (χ0n) is 8.05. The average molecular weight is 215 g/mol. The zero-order valence-corrected chi connectivity index (χ0v) is 9.21. The minimum absolute atomic E-state index is 0.895. The van der Waals surface area contributed by atoms with Crippen molar-refractivity contribution in [3.05, 3.63) is 48.5 Å². The van der Waals surface area contributed by atoms with Gasteiger partial charge in [0.25, 0.3) is 0 Å². The summed E-state index contributed by atoms with van der Waals surface area (Å²) < 4.78 is 7.86. The summed E-state index contributed by atoms with van der Waals surface area (Å²) in [4.78, 5) is 0. The van der Waals surface area contributed by atoms with Crippen molar-refractivity contribution in [2.75, 3.05) is 4.67 Å². The van der Waals surface area contributed by atoms with E-state index in [0.29, 0.717) is 0 Å². The fourth-order valence-corrected chi connectivity index (χ4v) is 2.16.